The van der Waals surface area contributed by atoms with Gasteiger partial charge in [-0.2, -0.15) is 19.0 Å². The zero-order valence-electron chi connectivity index (χ0n) is 10.2. The van der Waals surface area contributed by atoms with Gasteiger partial charge in [0.25, 0.3) is 0 Å². The molecule has 0 unspecified atom stereocenters. The lowest BCUT2D eigenvalue weighted by atomic mass is 9.17. The Morgan fingerprint density at radius 1 is 0.882 bits per heavy atom. The van der Waals surface area contributed by atoms with E-state index < -0.39 is 6.15 Å². The van der Waals surface area contributed by atoms with E-state index in [-0.39, 0.29) is 0 Å². The zero-order chi connectivity index (χ0) is 12.7. The summed E-state index contributed by atoms with van der Waals surface area (Å²) >= 11 is 5.94. The number of hydrogen-bond acceptors (Lipinski definition) is 0. The SMILES string of the molecule is C=CC[B-](CC=C)(CC=C)c1ccc(Cl)cc1. The van der Waals surface area contributed by atoms with Gasteiger partial charge in [0.15, 0.2) is 0 Å². The maximum Gasteiger partial charge on any atom is 0.0403 e. The van der Waals surface area contributed by atoms with Gasteiger partial charge in [0.2, 0.25) is 0 Å². The molecule has 0 bridgehead atoms. The molecule has 0 fully saturated rings. The van der Waals surface area contributed by atoms with Crippen molar-refractivity contribution in [3.05, 3.63) is 67.3 Å². The highest BCUT2D eigenvalue weighted by atomic mass is 35.5. The molecule has 0 aliphatic rings. The molecular weight excluding hydrogens is 226 g/mol. The highest BCUT2D eigenvalue weighted by Crippen LogP contribution is 2.23. The molecule has 0 N–H and O–H groups in total. The first-order valence-electron chi connectivity index (χ1n) is 5.97. The molecule has 0 saturated heterocycles. The Balaban J connectivity index is 3.17. The Hall–Kier alpha value is -1.21. The maximum atomic E-state index is 5.94. The first kappa shape index (κ1) is 13.9. The number of halogens is 1. The molecule has 90 valence electrons. The van der Waals surface area contributed by atoms with Crippen molar-refractivity contribution in [3.63, 3.8) is 0 Å². The van der Waals surface area contributed by atoms with Gasteiger partial charge >= 0.3 is 0 Å². The molecule has 1 aromatic carbocycles. The molecule has 0 amide bonds. The first-order chi connectivity index (χ1) is 8.18. The van der Waals surface area contributed by atoms with Crippen molar-refractivity contribution in [3.8, 4) is 0 Å². The van der Waals surface area contributed by atoms with Crippen LogP contribution in [0.15, 0.2) is 62.2 Å². The number of rotatable bonds is 7. The van der Waals surface area contributed by atoms with Crippen molar-refractivity contribution in [2.24, 2.45) is 0 Å². The number of hydrogen-bond donors (Lipinski definition) is 0. The van der Waals surface area contributed by atoms with E-state index in [2.05, 4.69) is 31.9 Å². The average molecular weight is 246 g/mol. The van der Waals surface area contributed by atoms with Crippen LogP contribution < -0.4 is 5.46 Å². The van der Waals surface area contributed by atoms with E-state index in [4.69, 9.17) is 11.6 Å². The quantitative estimate of drug-likeness (QED) is 0.488. The van der Waals surface area contributed by atoms with E-state index in [0.717, 1.165) is 24.0 Å². The predicted molar refractivity (Wildman–Crippen MR) is 81.9 cm³/mol. The average Bonchev–Trinajstić information content (AvgIpc) is 2.30. The van der Waals surface area contributed by atoms with Gasteiger partial charge in [-0.3, -0.25) is 0 Å². The molecule has 0 aliphatic heterocycles. The van der Waals surface area contributed by atoms with E-state index in [1.54, 1.807) is 0 Å². The summed E-state index contributed by atoms with van der Waals surface area (Å²) in [6.07, 6.45) is 8.17. The van der Waals surface area contributed by atoms with E-state index in [1.165, 1.54) is 5.46 Å². The van der Waals surface area contributed by atoms with Crippen LogP contribution in [0.1, 0.15) is 0 Å². The lowest BCUT2D eigenvalue weighted by molar-refractivity contribution is 1.38. The van der Waals surface area contributed by atoms with Crippen molar-refractivity contribution in [2.75, 3.05) is 0 Å². The second kappa shape index (κ2) is 6.51. The molecule has 0 radical (unpaired) electrons. The standard InChI is InChI=1S/C15H19BCl/c1-4-11-16(12-5-2,13-6-3)14-7-9-15(17)10-8-14/h4-10H,1-3,11-13H2/q-1. The van der Waals surface area contributed by atoms with E-state index in [0.29, 0.717) is 0 Å². The van der Waals surface area contributed by atoms with E-state index in [1.807, 2.05) is 30.4 Å². The Bertz CT molecular complexity index is 365. The summed E-state index contributed by atoms with van der Waals surface area (Å²) in [6.45, 7) is 11.6. The van der Waals surface area contributed by atoms with Crippen LogP contribution >= 0.6 is 11.6 Å². The predicted octanol–water partition coefficient (Wildman–Crippen LogP) is 4.55. The third-order valence-corrected chi connectivity index (χ3v) is 3.68. The monoisotopic (exact) mass is 245 g/mol. The fraction of sp³-hybridized carbons (Fsp3) is 0.200. The van der Waals surface area contributed by atoms with E-state index >= 15 is 0 Å². The minimum absolute atomic E-state index is 0.710. The Morgan fingerprint density at radius 2 is 1.29 bits per heavy atom. The largest absolute Gasteiger partial charge is 0.209 e. The molecule has 2 heteroatoms. The summed E-state index contributed by atoms with van der Waals surface area (Å²) in [5.41, 5.74) is 1.33. The van der Waals surface area contributed by atoms with Crippen LogP contribution in [0.4, 0.5) is 0 Å². The fourth-order valence-corrected chi connectivity index (χ4v) is 2.65. The summed E-state index contributed by atoms with van der Waals surface area (Å²) in [5, 5.41) is 0.772. The van der Waals surface area contributed by atoms with Gasteiger partial charge in [-0.25, -0.2) is 5.46 Å². The minimum Gasteiger partial charge on any atom is -0.209 e. The van der Waals surface area contributed by atoms with Gasteiger partial charge in [0, 0.05) is 11.2 Å². The molecule has 0 heterocycles. The van der Waals surface area contributed by atoms with Gasteiger partial charge in [-0.1, -0.05) is 23.7 Å². The molecular formula is C15H19BCl-. The van der Waals surface area contributed by atoms with Crippen LogP contribution in [0.3, 0.4) is 0 Å². The lowest BCUT2D eigenvalue weighted by Crippen LogP contribution is -2.46. The van der Waals surface area contributed by atoms with Crippen LogP contribution in [-0.4, -0.2) is 6.15 Å². The number of benzene rings is 1. The van der Waals surface area contributed by atoms with Crippen molar-refractivity contribution in [1.29, 1.82) is 0 Å². The van der Waals surface area contributed by atoms with Crippen LogP contribution in [-0.2, 0) is 0 Å². The molecule has 0 spiro atoms. The lowest BCUT2D eigenvalue weighted by Gasteiger charge is -2.38. The third-order valence-electron chi connectivity index (χ3n) is 3.43. The van der Waals surface area contributed by atoms with Crippen LogP contribution in [0.5, 0.6) is 0 Å². The summed E-state index contributed by atoms with van der Waals surface area (Å²) in [6, 6.07) is 8.11. The molecule has 0 saturated carbocycles. The number of allylic oxidation sites excluding steroid dienone is 3. The third kappa shape index (κ3) is 3.37. The first-order valence-corrected chi connectivity index (χ1v) is 6.35. The molecule has 0 aliphatic carbocycles. The van der Waals surface area contributed by atoms with Crippen molar-refractivity contribution < 1.29 is 0 Å². The normalized spacial score (nSPS) is 10.9. The van der Waals surface area contributed by atoms with Gasteiger partial charge in [-0.15, -0.1) is 38.0 Å². The Morgan fingerprint density at radius 3 is 1.65 bits per heavy atom. The Labute approximate surface area is 110 Å². The smallest absolute Gasteiger partial charge is 0.0403 e. The molecule has 0 aromatic heterocycles. The van der Waals surface area contributed by atoms with Crippen LogP contribution in [0, 0.1) is 0 Å². The summed E-state index contributed by atoms with van der Waals surface area (Å²) in [7, 11) is 0. The van der Waals surface area contributed by atoms with Crippen molar-refractivity contribution >= 4 is 23.2 Å². The fourth-order valence-electron chi connectivity index (χ4n) is 2.53. The molecule has 0 nitrogen and oxygen atoms in total. The van der Waals surface area contributed by atoms with Gasteiger partial charge < -0.3 is 0 Å². The zero-order valence-corrected chi connectivity index (χ0v) is 11.0. The molecule has 1 aromatic rings. The molecule has 17 heavy (non-hydrogen) atoms. The van der Waals surface area contributed by atoms with Gasteiger partial charge in [0.1, 0.15) is 0 Å². The molecule has 0 atom stereocenters. The highest BCUT2D eigenvalue weighted by Gasteiger charge is 2.22. The molecule has 1 rings (SSSR count). The van der Waals surface area contributed by atoms with E-state index in [9.17, 15) is 0 Å². The summed E-state index contributed by atoms with van der Waals surface area (Å²) < 4.78 is 0. The topological polar surface area (TPSA) is 0 Å². The van der Waals surface area contributed by atoms with Crippen LogP contribution in [0.2, 0.25) is 24.0 Å². The van der Waals surface area contributed by atoms with Gasteiger partial charge in [-0.05, 0) is 12.1 Å². The van der Waals surface area contributed by atoms with Crippen molar-refractivity contribution in [1.82, 2.24) is 0 Å². The summed E-state index contributed by atoms with van der Waals surface area (Å²) in [4.78, 5) is 0. The second-order valence-corrected chi connectivity index (χ2v) is 5.04. The Kier molecular flexibility index (Phi) is 5.31. The minimum atomic E-state index is -0.710. The van der Waals surface area contributed by atoms with Gasteiger partial charge in [0.05, 0.1) is 0 Å². The van der Waals surface area contributed by atoms with Crippen molar-refractivity contribution in [2.45, 2.75) is 19.0 Å². The van der Waals surface area contributed by atoms with Crippen LogP contribution in [0.25, 0.3) is 0 Å². The summed E-state index contributed by atoms with van der Waals surface area (Å²) in [5.74, 6) is 0. The second-order valence-electron chi connectivity index (χ2n) is 4.60. The maximum absolute atomic E-state index is 5.94. The highest BCUT2D eigenvalue weighted by molar-refractivity contribution is 6.92.